The Morgan fingerprint density at radius 1 is 1.12 bits per heavy atom. The Balaban J connectivity index is 1.59. The number of hydrogen-bond acceptors (Lipinski definition) is 6. The first-order valence-electron chi connectivity index (χ1n) is 11.1. The van der Waals surface area contributed by atoms with Crippen molar-refractivity contribution in [1.82, 2.24) is 14.9 Å². The van der Waals surface area contributed by atoms with Crippen molar-refractivity contribution in [3.8, 4) is 5.75 Å². The van der Waals surface area contributed by atoms with Gasteiger partial charge < -0.3 is 19.7 Å². The smallest absolute Gasteiger partial charge is 0.241 e. The van der Waals surface area contributed by atoms with Gasteiger partial charge in [0, 0.05) is 19.7 Å². The van der Waals surface area contributed by atoms with E-state index in [1.165, 1.54) is 17.0 Å². The summed E-state index contributed by atoms with van der Waals surface area (Å²) in [5, 5.41) is 2.80. The highest BCUT2D eigenvalue weighted by Crippen LogP contribution is 2.14. The summed E-state index contributed by atoms with van der Waals surface area (Å²) >= 11 is 0. The molecule has 3 rings (SSSR count). The molecule has 1 aliphatic rings. The summed E-state index contributed by atoms with van der Waals surface area (Å²) < 4.78 is 38.2. The van der Waals surface area contributed by atoms with Crippen molar-refractivity contribution in [3.05, 3.63) is 59.7 Å². The number of rotatable bonds is 11. The van der Waals surface area contributed by atoms with Crippen LogP contribution in [0.15, 0.2) is 53.4 Å². The molecule has 1 heterocycles. The number of nitrogens with zero attached hydrogens (tertiary/aromatic N) is 1. The molecule has 2 aromatic rings. The van der Waals surface area contributed by atoms with Gasteiger partial charge in [0.05, 0.1) is 31.2 Å². The number of methoxy groups -OCH3 is 1. The summed E-state index contributed by atoms with van der Waals surface area (Å²) in [4.78, 5) is 26.9. The van der Waals surface area contributed by atoms with E-state index in [1.54, 1.807) is 31.4 Å². The zero-order chi connectivity index (χ0) is 24.6. The fourth-order valence-electron chi connectivity index (χ4n) is 3.53. The second-order valence-electron chi connectivity index (χ2n) is 8.17. The molecule has 0 aromatic heterocycles. The number of nitrogens with one attached hydrogen (secondary N) is 2. The molecule has 34 heavy (non-hydrogen) atoms. The van der Waals surface area contributed by atoms with Crippen molar-refractivity contribution in [1.29, 1.82) is 0 Å². The topological polar surface area (TPSA) is 114 Å². The summed E-state index contributed by atoms with van der Waals surface area (Å²) in [7, 11) is -2.27. The largest absolute Gasteiger partial charge is 0.497 e. The molecule has 1 atom stereocenters. The summed E-state index contributed by atoms with van der Waals surface area (Å²) in [6, 6.07) is 13.6. The van der Waals surface area contributed by atoms with Gasteiger partial charge >= 0.3 is 0 Å². The highest BCUT2D eigenvalue weighted by Gasteiger charge is 2.25. The molecule has 2 amide bonds. The Kier molecular flexibility index (Phi) is 9.03. The minimum absolute atomic E-state index is 0.0776. The van der Waals surface area contributed by atoms with Crippen LogP contribution >= 0.6 is 0 Å². The Bertz CT molecular complexity index is 1060. The molecule has 1 aliphatic heterocycles. The lowest BCUT2D eigenvalue weighted by Crippen LogP contribution is -2.47. The average molecular weight is 490 g/mol. The highest BCUT2D eigenvalue weighted by molar-refractivity contribution is 7.89. The summed E-state index contributed by atoms with van der Waals surface area (Å²) in [6.45, 7) is 2.34. The van der Waals surface area contributed by atoms with Crippen LogP contribution in [0.1, 0.15) is 24.0 Å². The Morgan fingerprint density at radius 3 is 2.44 bits per heavy atom. The summed E-state index contributed by atoms with van der Waals surface area (Å²) in [5.41, 5.74) is 1.82. The van der Waals surface area contributed by atoms with E-state index in [-0.39, 0.29) is 30.0 Å². The molecule has 0 aliphatic carbocycles. The van der Waals surface area contributed by atoms with E-state index >= 15 is 0 Å². The molecule has 0 bridgehead atoms. The zero-order valence-electron chi connectivity index (χ0n) is 19.5. The van der Waals surface area contributed by atoms with Gasteiger partial charge in [0.25, 0.3) is 0 Å². The summed E-state index contributed by atoms with van der Waals surface area (Å²) in [6.07, 6.45) is 1.50. The van der Waals surface area contributed by atoms with Crippen molar-refractivity contribution < 1.29 is 27.5 Å². The van der Waals surface area contributed by atoms with Crippen LogP contribution in [0.4, 0.5) is 0 Å². The fourth-order valence-corrected chi connectivity index (χ4v) is 4.51. The van der Waals surface area contributed by atoms with Gasteiger partial charge in [0.1, 0.15) is 5.75 Å². The summed E-state index contributed by atoms with van der Waals surface area (Å²) in [5.74, 6) is -0.120. The van der Waals surface area contributed by atoms with Gasteiger partial charge in [-0.15, -0.1) is 0 Å². The lowest BCUT2D eigenvalue weighted by atomic mass is 10.2. The van der Waals surface area contributed by atoms with E-state index in [2.05, 4.69) is 10.0 Å². The normalized spacial score (nSPS) is 15.6. The number of amides is 2. The van der Waals surface area contributed by atoms with Gasteiger partial charge in [0.15, 0.2) is 0 Å². The van der Waals surface area contributed by atoms with Crippen LogP contribution in [-0.2, 0) is 30.9 Å². The molecular weight excluding hydrogens is 458 g/mol. The molecular formula is C24H31N3O6S. The predicted octanol–water partition coefficient (Wildman–Crippen LogP) is 1.61. The zero-order valence-corrected chi connectivity index (χ0v) is 20.3. The quantitative estimate of drug-likeness (QED) is 0.496. The molecule has 1 saturated heterocycles. The van der Waals surface area contributed by atoms with Crippen LogP contribution in [0.2, 0.25) is 0 Å². The monoisotopic (exact) mass is 489 g/mol. The van der Waals surface area contributed by atoms with Crippen LogP contribution in [0.3, 0.4) is 0 Å². The molecule has 0 radical (unpaired) electrons. The third-order valence-corrected chi connectivity index (χ3v) is 6.95. The van der Waals surface area contributed by atoms with E-state index < -0.39 is 22.5 Å². The van der Waals surface area contributed by atoms with Crippen molar-refractivity contribution >= 4 is 21.8 Å². The first-order valence-corrected chi connectivity index (χ1v) is 12.6. The third kappa shape index (κ3) is 7.54. The molecule has 0 unspecified atom stereocenters. The van der Waals surface area contributed by atoms with E-state index in [0.717, 1.165) is 29.7 Å². The van der Waals surface area contributed by atoms with Crippen LogP contribution < -0.4 is 14.8 Å². The Morgan fingerprint density at radius 2 is 1.82 bits per heavy atom. The minimum Gasteiger partial charge on any atom is -0.497 e. The number of benzene rings is 2. The van der Waals surface area contributed by atoms with Crippen molar-refractivity contribution in [2.75, 3.05) is 33.4 Å². The van der Waals surface area contributed by atoms with Crippen molar-refractivity contribution in [3.63, 3.8) is 0 Å². The number of hydrogen-bond donors (Lipinski definition) is 2. The predicted molar refractivity (Wildman–Crippen MR) is 127 cm³/mol. The van der Waals surface area contributed by atoms with Gasteiger partial charge in [-0.05, 0) is 49.6 Å². The second-order valence-corrected chi connectivity index (χ2v) is 9.94. The molecule has 1 fully saturated rings. The molecule has 0 spiro atoms. The van der Waals surface area contributed by atoms with E-state index in [0.29, 0.717) is 13.2 Å². The lowest BCUT2D eigenvalue weighted by Gasteiger charge is -2.25. The molecule has 9 nitrogen and oxygen atoms in total. The maximum absolute atomic E-state index is 12.9. The van der Waals surface area contributed by atoms with E-state index in [4.69, 9.17) is 9.47 Å². The SMILES string of the molecule is COc1ccc(CNC(=O)CN(C[C@H]2CCCO2)C(=O)CNS(=O)(=O)c2ccc(C)cc2)cc1. The first-order chi connectivity index (χ1) is 16.3. The van der Waals surface area contributed by atoms with E-state index in [1.807, 2.05) is 19.1 Å². The standard InChI is InChI=1S/C24H31N3O6S/c1-18-5-11-22(12-6-18)34(30,31)26-15-24(29)27(16-21-4-3-13-33-21)17-23(28)25-14-19-7-9-20(32-2)10-8-19/h5-12,21,26H,3-4,13-17H2,1-2H3,(H,25,28)/t21-/m1/s1. The van der Waals surface area contributed by atoms with Crippen LogP contribution in [-0.4, -0.2) is 64.6 Å². The molecule has 2 aromatic carbocycles. The van der Waals surface area contributed by atoms with E-state index in [9.17, 15) is 18.0 Å². The average Bonchev–Trinajstić information content (AvgIpc) is 3.34. The van der Waals surface area contributed by atoms with Crippen LogP contribution in [0, 0.1) is 6.92 Å². The number of aryl methyl sites for hydroxylation is 1. The highest BCUT2D eigenvalue weighted by atomic mass is 32.2. The van der Waals surface area contributed by atoms with Gasteiger partial charge in [0.2, 0.25) is 21.8 Å². The maximum atomic E-state index is 12.9. The second kappa shape index (κ2) is 12.0. The fraction of sp³-hybridized carbons (Fsp3) is 0.417. The molecule has 184 valence electrons. The maximum Gasteiger partial charge on any atom is 0.241 e. The van der Waals surface area contributed by atoms with Gasteiger partial charge in [-0.3, -0.25) is 9.59 Å². The van der Waals surface area contributed by atoms with Crippen LogP contribution in [0.5, 0.6) is 5.75 Å². The third-order valence-electron chi connectivity index (χ3n) is 5.53. The Hall–Kier alpha value is -2.95. The molecule has 10 heteroatoms. The molecule has 2 N–H and O–H groups in total. The minimum atomic E-state index is -3.85. The van der Waals surface area contributed by atoms with Gasteiger partial charge in [-0.1, -0.05) is 29.8 Å². The van der Waals surface area contributed by atoms with Crippen molar-refractivity contribution in [2.45, 2.75) is 37.3 Å². The number of carbonyl (C=O) groups excluding carboxylic acids is 2. The van der Waals surface area contributed by atoms with Gasteiger partial charge in [-0.2, -0.15) is 0 Å². The first kappa shape index (κ1) is 25.7. The number of sulfonamides is 1. The number of carbonyl (C=O) groups is 2. The lowest BCUT2D eigenvalue weighted by molar-refractivity contribution is -0.136. The van der Waals surface area contributed by atoms with Crippen molar-refractivity contribution in [2.24, 2.45) is 0 Å². The Labute approximate surface area is 200 Å². The molecule has 0 saturated carbocycles. The van der Waals surface area contributed by atoms with Crippen LogP contribution in [0.25, 0.3) is 0 Å². The van der Waals surface area contributed by atoms with Gasteiger partial charge in [-0.25, -0.2) is 13.1 Å². The number of ether oxygens (including phenoxy) is 2.